The van der Waals surface area contributed by atoms with E-state index in [4.69, 9.17) is 29.0 Å². The van der Waals surface area contributed by atoms with Gasteiger partial charge in [-0.05, 0) is 24.3 Å². The van der Waals surface area contributed by atoms with Crippen molar-refractivity contribution in [1.29, 1.82) is 0 Å². The maximum absolute atomic E-state index is 13.0. The van der Waals surface area contributed by atoms with E-state index in [2.05, 4.69) is 15.1 Å². The zero-order valence-electron chi connectivity index (χ0n) is 10.3. The Labute approximate surface area is 130 Å². The lowest BCUT2D eigenvalue weighted by atomic mass is 10.3. The number of sulfonamides is 1. The molecule has 0 bridgehead atoms. The van der Waals surface area contributed by atoms with Crippen LogP contribution in [0.1, 0.15) is 0 Å². The summed E-state index contributed by atoms with van der Waals surface area (Å²) in [6, 6.07) is 4.62. The van der Waals surface area contributed by atoms with Crippen LogP contribution < -0.4 is 16.0 Å². The van der Waals surface area contributed by atoms with Gasteiger partial charge in [-0.3, -0.25) is 4.72 Å². The van der Waals surface area contributed by atoms with Crippen LogP contribution in [0.3, 0.4) is 0 Å². The first-order valence-corrected chi connectivity index (χ1v) is 7.67. The number of nitrogens with two attached hydrogens (primary N) is 1. The van der Waals surface area contributed by atoms with Crippen LogP contribution in [0.25, 0.3) is 0 Å². The van der Waals surface area contributed by atoms with Gasteiger partial charge in [0.15, 0.2) is 5.82 Å². The molecule has 0 aliphatic carbocycles. The highest BCUT2D eigenvalue weighted by Crippen LogP contribution is 2.25. The standard InChI is InChI=1S/C11H9Cl2FN4O2S/c12-8-3-6(1-2-10(8)14)18-21(19,20)7-4-9(13)11(17-15)16-5-7/h1-5,18H,15H2,(H,16,17). The van der Waals surface area contributed by atoms with Crippen molar-refractivity contribution in [3.8, 4) is 0 Å². The number of rotatable bonds is 4. The Morgan fingerprint density at radius 2 is 1.90 bits per heavy atom. The van der Waals surface area contributed by atoms with Crippen LogP contribution in [0.15, 0.2) is 35.4 Å². The summed E-state index contributed by atoms with van der Waals surface area (Å²) < 4.78 is 39.6. The average Bonchev–Trinajstić information content (AvgIpc) is 2.42. The van der Waals surface area contributed by atoms with E-state index in [-0.39, 0.29) is 26.4 Å². The predicted octanol–water partition coefficient (Wildman–Crippen LogP) is 2.61. The van der Waals surface area contributed by atoms with E-state index in [1.54, 1.807) is 0 Å². The molecule has 21 heavy (non-hydrogen) atoms. The van der Waals surface area contributed by atoms with Crippen molar-refractivity contribution in [1.82, 2.24) is 4.98 Å². The fourth-order valence-corrected chi connectivity index (χ4v) is 2.93. The second kappa shape index (κ2) is 6.02. The average molecular weight is 351 g/mol. The lowest BCUT2D eigenvalue weighted by Gasteiger charge is -2.10. The largest absolute Gasteiger partial charge is 0.307 e. The molecule has 6 nitrogen and oxygen atoms in total. The highest BCUT2D eigenvalue weighted by molar-refractivity contribution is 7.92. The Kier molecular flexibility index (Phi) is 4.52. The highest BCUT2D eigenvalue weighted by atomic mass is 35.5. The van der Waals surface area contributed by atoms with Gasteiger partial charge in [-0.15, -0.1) is 0 Å². The molecule has 1 heterocycles. The number of nitrogens with one attached hydrogen (secondary N) is 2. The first-order valence-electron chi connectivity index (χ1n) is 5.43. The minimum atomic E-state index is -3.94. The van der Waals surface area contributed by atoms with Gasteiger partial charge in [-0.25, -0.2) is 23.6 Å². The quantitative estimate of drug-likeness (QED) is 0.581. The molecule has 0 aliphatic heterocycles. The first-order chi connectivity index (χ1) is 9.83. The van der Waals surface area contributed by atoms with Crippen molar-refractivity contribution in [3.05, 3.63) is 46.3 Å². The van der Waals surface area contributed by atoms with Crippen LogP contribution in [-0.4, -0.2) is 13.4 Å². The van der Waals surface area contributed by atoms with Gasteiger partial charge in [-0.1, -0.05) is 23.2 Å². The topological polar surface area (TPSA) is 97.1 Å². The molecule has 2 aromatic rings. The van der Waals surface area contributed by atoms with Crippen LogP contribution in [0.5, 0.6) is 0 Å². The summed E-state index contributed by atoms with van der Waals surface area (Å²) in [5.41, 5.74) is 2.33. The van der Waals surface area contributed by atoms with Crippen molar-refractivity contribution >= 4 is 44.7 Å². The summed E-state index contributed by atoms with van der Waals surface area (Å²) in [5.74, 6) is 4.64. The van der Waals surface area contributed by atoms with E-state index in [0.717, 1.165) is 18.3 Å². The van der Waals surface area contributed by atoms with Gasteiger partial charge in [0.2, 0.25) is 0 Å². The smallest absolute Gasteiger partial charge is 0.263 e. The Hall–Kier alpha value is -1.61. The Balaban J connectivity index is 2.33. The molecular weight excluding hydrogens is 342 g/mol. The van der Waals surface area contributed by atoms with Crippen molar-refractivity contribution in [2.45, 2.75) is 4.90 Å². The number of pyridine rings is 1. The number of hydrogen-bond acceptors (Lipinski definition) is 5. The number of nitrogens with zero attached hydrogens (tertiary/aromatic N) is 1. The molecule has 10 heteroatoms. The Morgan fingerprint density at radius 1 is 1.19 bits per heavy atom. The molecule has 0 aliphatic rings. The Bertz CT molecular complexity index is 786. The molecule has 0 saturated heterocycles. The minimum absolute atomic E-state index is 0.0394. The molecule has 0 fully saturated rings. The molecular formula is C11H9Cl2FN4O2S. The molecule has 0 saturated carbocycles. The molecule has 0 spiro atoms. The van der Waals surface area contributed by atoms with Gasteiger partial charge in [0.05, 0.1) is 15.7 Å². The van der Waals surface area contributed by atoms with E-state index < -0.39 is 15.8 Å². The summed E-state index contributed by atoms with van der Waals surface area (Å²) in [5, 5.41) is -0.161. The lowest BCUT2D eigenvalue weighted by Crippen LogP contribution is -2.15. The molecule has 1 aromatic carbocycles. The van der Waals surface area contributed by atoms with Gasteiger partial charge in [0.25, 0.3) is 10.0 Å². The van der Waals surface area contributed by atoms with Gasteiger partial charge >= 0.3 is 0 Å². The maximum atomic E-state index is 13.0. The van der Waals surface area contributed by atoms with Crippen molar-refractivity contribution < 1.29 is 12.8 Å². The normalized spacial score (nSPS) is 11.2. The summed E-state index contributed by atoms with van der Waals surface area (Å²) in [7, 11) is -3.94. The summed E-state index contributed by atoms with van der Waals surface area (Å²) in [4.78, 5) is 3.59. The van der Waals surface area contributed by atoms with Crippen molar-refractivity contribution in [2.75, 3.05) is 10.1 Å². The second-order valence-corrected chi connectivity index (χ2v) is 6.38. The molecule has 0 amide bonds. The van der Waals surface area contributed by atoms with Gasteiger partial charge < -0.3 is 5.43 Å². The van der Waals surface area contributed by atoms with Gasteiger partial charge in [0, 0.05) is 6.20 Å². The molecule has 4 N–H and O–H groups in total. The molecule has 0 radical (unpaired) electrons. The molecule has 0 atom stereocenters. The minimum Gasteiger partial charge on any atom is -0.307 e. The van der Waals surface area contributed by atoms with Crippen LogP contribution in [0.2, 0.25) is 10.0 Å². The van der Waals surface area contributed by atoms with E-state index in [9.17, 15) is 12.8 Å². The zero-order valence-corrected chi connectivity index (χ0v) is 12.6. The summed E-state index contributed by atoms with van der Waals surface area (Å²) >= 11 is 11.4. The van der Waals surface area contributed by atoms with Crippen molar-refractivity contribution in [3.63, 3.8) is 0 Å². The van der Waals surface area contributed by atoms with E-state index >= 15 is 0 Å². The maximum Gasteiger partial charge on any atom is 0.263 e. The number of anilines is 2. The molecule has 1 aromatic heterocycles. The van der Waals surface area contributed by atoms with E-state index in [1.807, 2.05) is 0 Å². The fourth-order valence-electron chi connectivity index (χ4n) is 1.45. The van der Waals surface area contributed by atoms with Gasteiger partial charge in [0.1, 0.15) is 10.7 Å². The van der Waals surface area contributed by atoms with Gasteiger partial charge in [-0.2, -0.15) is 0 Å². The third-order valence-electron chi connectivity index (χ3n) is 2.43. The first kappa shape index (κ1) is 15.8. The number of nitrogen functional groups attached to an aromatic ring is 1. The zero-order chi connectivity index (χ0) is 15.6. The molecule has 2 rings (SSSR count). The van der Waals surface area contributed by atoms with E-state index in [1.165, 1.54) is 12.1 Å². The molecule has 112 valence electrons. The number of hydrazine groups is 1. The number of benzene rings is 1. The summed E-state index contributed by atoms with van der Waals surface area (Å²) in [6.45, 7) is 0. The molecule has 0 unspecified atom stereocenters. The van der Waals surface area contributed by atoms with Crippen LogP contribution in [0, 0.1) is 5.82 Å². The lowest BCUT2D eigenvalue weighted by molar-refractivity contribution is 0.600. The highest BCUT2D eigenvalue weighted by Gasteiger charge is 2.17. The third kappa shape index (κ3) is 3.53. The number of aromatic nitrogens is 1. The monoisotopic (exact) mass is 350 g/mol. The predicted molar refractivity (Wildman–Crippen MR) is 79.3 cm³/mol. The second-order valence-electron chi connectivity index (χ2n) is 3.88. The summed E-state index contributed by atoms with van der Waals surface area (Å²) in [6.07, 6.45) is 1.08. The fraction of sp³-hybridized carbons (Fsp3) is 0. The van der Waals surface area contributed by atoms with Crippen LogP contribution in [0.4, 0.5) is 15.9 Å². The van der Waals surface area contributed by atoms with Crippen LogP contribution >= 0.6 is 23.2 Å². The van der Waals surface area contributed by atoms with E-state index in [0.29, 0.717) is 0 Å². The number of halogens is 3. The third-order valence-corrected chi connectivity index (χ3v) is 4.36. The Morgan fingerprint density at radius 3 is 2.48 bits per heavy atom. The van der Waals surface area contributed by atoms with Crippen molar-refractivity contribution in [2.24, 2.45) is 5.84 Å². The number of hydrogen-bond donors (Lipinski definition) is 3. The van der Waals surface area contributed by atoms with Crippen LogP contribution in [-0.2, 0) is 10.0 Å². The SMILES string of the molecule is NNc1ncc(S(=O)(=O)Nc2ccc(F)c(Cl)c2)cc1Cl.